The van der Waals surface area contributed by atoms with Gasteiger partial charge in [-0.25, -0.2) is 0 Å². The lowest BCUT2D eigenvalue weighted by Gasteiger charge is -2.38. The summed E-state index contributed by atoms with van der Waals surface area (Å²) in [6.07, 6.45) is 1.06. The van der Waals surface area contributed by atoms with Crippen LogP contribution in [0.1, 0.15) is 44.4 Å². The molecule has 1 aliphatic heterocycles. The molecule has 0 aliphatic carbocycles. The monoisotopic (exact) mass is 262 g/mol. The molecule has 3 nitrogen and oxygen atoms in total. The van der Waals surface area contributed by atoms with Crippen LogP contribution in [0.4, 0.5) is 0 Å². The van der Waals surface area contributed by atoms with Crippen LogP contribution < -0.4 is 10.5 Å². The number of nitrogens with zero attached hydrogens (tertiary/aromatic N) is 1. The van der Waals surface area contributed by atoms with Gasteiger partial charge in [-0.2, -0.15) is 0 Å². The summed E-state index contributed by atoms with van der Waals surface area (Å²) >= 11 is 0. The third kappa shape index (κ3) is 2.77. The lowest BCUT2D eigenvalue weighted by atomic mass is 9.95. The Hall–Kier alpha value is -1.06. The largest absolute Gasteiger partial charge is 0.496 e. The number of hydrogen-bond acceptors (Lipinski definition) is 3. The number of methoxy groups -OCH3 is 1. The molecule has 2 N–H and O–H groups in total. The molecule has 1 aromatic carbocycles. The molecular weight excluding hydrogens is 236 g/mol. The van der Waals surface area contributed by atoms with E-state index in [0.717, 1.165) is 18.7 Å². The van der Waals surface area contributed by atoms with Gasteiger partial charge in [-0.1, -0.05) is 12.1 Å². The van der Waals surface area contributed by atoms with Crippen molar-refractivity contribution in [1.82, 2.24) is 4.90 Å². The van der Waals surface area contributed by atoms with Gasteiger partial charge in [-0.15, -0.1) is 0 Å². The molecule has 2 atom stereocenters. The van der Waals surface area contributed by atoms with Crippen molar-refractivity contribution in [2.75, 3.05) is 13.7 Å². The van der Waals surface area contributed by atoms with Crippen molar-refractivity contribution < 1.29 is 4.74 Å². The molecule has 0 spiro atoms. The van der Waals surface area contributed by atoms with Crippen molar-refractivity contribution in [2.45, 2.75) is 51.7 Å². The zero-order valence-corrected chi connectivity index (χ0v) is 12.7. The number of aryl methyl sites for hydroxylation is 1. The third-order valence-corrected chi connectivity index (χ3v) is 4.07. The minimum absolute atomic E-state index is 0.145. The summed E-state index contributed by atoms with van der Waals surface area (Å²) in [5.74, 6) is 0.942. The van der Waals surface area contributed by atoms with E-state index in [-0.39, 0.29) is 11.6 Å². The maximum atomic E-state index is 6.35. The molecule has 1 saturated heterocycles. The van der Waals surface area contributed by atoms with Crippen LogP contribution in [0.25, 0.3) is 0 Å². The van der Waals surface area contributed by atoms with Crippen LogP contribution in [-0.4, -0.2) is 30.1 Å². The Labute approximate surface area is 116 Å². The zero-order valence-electron chi connectivity index (χ0n) is 12.7. The summed E-state index contributed by atoms with van der Waals surface area (Å²) in [6, 6.07) is 6.95. The van der Waals surface area contributed by atoms with Gasteiger partial charge in [0.25, 0.3) is 0 Å². The van der Waals surface area contributed by atoms with Crippen molar-refractivity contribution in [3.63, 3.8) is 0 Å². The van der Waals surface area contributed by atoms with Gasteiger partial charge in [0.2, 0.25) is 0 Å². The van der Waals surface area contributed by atoms with Gasteiger partial charge in [-0.3, -0.25) is 4.90 Å². The molecule has 2 rings (SSSR count). The maximum absolute atomic E-state index is 6.35. The average molecular weight is 262 g/mol. The molecular formula is C16H26N2O. The van der Waals surface area contributed by atoms with Gasteiger partial charge in [0.05, 0.1) is 13.2 Å². The molecule has 106 valence electrons. The molecule has 1 aliphatic rings. The number of hydrogen-bond donors (Lipinski definition) is 1. The van der Waals surface area contributed by atoms with Crippen molar-refractivity contribution in [2.24, 2.45) is 5.73 Å². The lowest BCUT2D eigenvalue weighted by molar-refractivity contribution is 0.117. The standard InChI is InChI=1S/C16H26N2O/c1-11-10-12(6-7-14(11)19-5)15-13(17)8-9-18(15)16(2,3)4/h6-7,10,13,15H,8-9,17H2,1-5H3. The molecule has 1 aromatic rings. The second-order valence-electron chi connectivity index (χ2n) is 6.49. The molecule has 2 unspecified atom stereocenters. The SMILES string of the molecule is COc1ccc(C2C(N)CCN2C(C)(C)C)cc1C. The summed E-state index contributed by atoms with van der Waals surface area (Å²) in [6.45, 7) is 9.93. The highest BCUT2D eigenvalue weighted by Gasteiger charge is 2.38. The second-order valence-corrected chi connectivity index (χ2v) is 6.49. The van der Waals surface area contributed by atoms with Crippen molar-refractivity contribution >= 4 is 0 Å². The summed E-state index contributed by atoms with van der Waals surface area (Å²) in [5, 5.41) is 0. The predicted octanol–water partition coefficient (Wildman–Crippen LogP) is 2.88. The first-order chi connectivity index (χ1) is 8.84. The van der Waals surface area contributed by atoms with E-state index in [1.54, 1.807) is 7.11 Å². The Morgan fingerprint density at radius 2 is 2.00 bits per heavy atom. The molecule has 0 bridgehead atoms. The first kappa shape index (κ1) is 14.4. The molecule has 1 fully saturated rings. The molecule has 0 saturated carbocycles. The highest BCUT2D eigenvalue weighted by Crippen LogP contribution is 2.37. The molecule has 0 amide bonds. The van der Waals surface area contributed by atoms with Crippen LogP contribution in [0.3, 0.4) is 0 Å². The number of ether oxygens (including phenoxy) is 1. The Bertz CT molecular complexity index is 451. The molecule has 0 radical (unpaired) electrons. The number of nitrogens with two attached hydrogens (primary N) is 1. The zero-order chi connectivity index (χ0) is 14.2. The quantitative estimate of drug-likeness (QED) is 0.890. The highest BCUT2D eigenvalue weighted by molar-refractivity contribution is 5.38. The lowest BCUT2D eigenvalue weighted by Crippen LogP contribution is -2.43. The van der Waals surface area contributed by atoms with Gasteiger partial charge in [0.15, 0.2) is 0 Å². The fourth-order valence-corrected chi connectivity index (χ4v) is 3.08. The number of benzene rings is 1. The van der Waals surface area contributed by atoms with Crippen molar-refractivity contribution in [3.05, 3.63) is 29.3 Å². The molecule has 3 heteroatoms. The Morgan fingerprint density at radius 1 is 1.32 bits per heavy atom. The van der Waals surface area contributed by atoms with Crippen molar-refractivity contribution in [1.29, 1.82) is 0 Å². The molecule has 0 aromatic heterocycles. The summed E-state index contributed by atoms with van der Waals surface area (Å²) in [7, 11) is 1.71. The topological polar surface area (TPSA) is 38.5 Å². The Balaban J connectivity index is 2.35. The molecule has 1 heterocycles. The first-order valence-corrected chi connectivity index (χ1v) is 7.01. The number of rotatable bonds is 2. The second kappa shape index (κ2) is 5.14. The Morgan fingerprint density at radius 3 is 2.53 bits per heavy atom. The first-order valence-electron chi connectivity index (χ1n) is 7.01. The van der Waals surface area contributed by atoms with E-state index in [9.17, 15) is 0 Å². The van der Waals surface area contributed by atoms with E-state index in [4.69, 9.17) is 10.5 Å². The Kier molecular flexibility index (Phi) is 3.88. The normalized spacial score (nSPS) is 24.7. The summed E-state index contributed by atoms with van der Waals surface area (Å²) in [4.78, 5) is 2.51. The summed E-state index contributed by atoms with van der Waals surface area (Å²) < 4.78 is 5.34. The predicted molar refractivity (Wildman–Crippen MR) is 79.5 cm³/mol. The van der Waals surface area contributed by atoms with E-state index in [0.29, 0.717) is 6.04 Å². The van der Waals surface area contributed by atoms with Gasteiger partial charge in [0.1, 0.15) is 5.75 Å². The number of likely N-dealkylation sites (tertiary alicyclic amines) is 1. The fourth-order valence-electron chi connectivity index (χ4n) is 3.08. The molecule has 19 heavy (non-hydrogen) atoms. The van der Waals surface area contributed by atoms with E-state index in [1.165, 1.54) is 11.1 Å². The van der Waals surface area contributed by atoms with Crippen LogP contribution in [0.2, 0.25) is 0 Å². The van der Waals surface area contributed by atoms with E-state index in [1.807, 2.05) is 0 Å². The van der Waals surface area contributed by atoms with E-state index < -0.39 is 0 Å². The van der Waals surface area contributed by atoms with Gasteiger partial charge in [0, 0.05) is 18.1 Å². The van der Waals surface area contributed by atoms with Gasteiger partial charge in [-0.05, 0) is 51.3 Å². The minimum atomic E-state index is 0.145. The van der Waals surface area contributed by atoms with Gasteiger partial charge >= 0.3 is 0 Å². The maximum Gasteiger partial charge on any atom is 0.121 e. The van der Waals surface area contributed by atoms with Crippen LogP contribution in [0, 0.1) is 6.92 Å². The summed E-state index contributed by atoms with van der Waals surface area (Å²) in [5.41, 5.74) is 8.97. The average Bonchev–Trinajstić information content (AvgIpc) is 2.70. The smallest absolute Gasteiger partial charge is 0.121 e. The van der Waals surface area contributed by atoms with Crippen LogP contribution in [0.15, 0.2) is 18.2 Å². The third-order valence-electron chi connectivity index (χ3n) is 4.07. The van der Waals surface area contributed by atoms with E-state index >= 15 is 0 Å². The fraction of sp³-hybridized carbons (Fsp3) is 0.625. The van der Waals surface area contributed by atoms with E-state index in [2.05, 4.69) is 50.8 Å². The van der Waals surface area contributed by atoms with Crippen LogP contribution in [-0.2, 0) is 0 Å². The van der Waals surface area contributed by atoms with Crippen LogP contribution in [0.5, 0.6) is 5.75 Å². The highest BCUT2D eigenvalue weighted by atomic mass is 16.5. The minimum Gasteiger partial charge on any atom is -0.496 e. The van der Waals surface area contributed by atoms with Crippen LogP contribution >= 0.6 is 0 Å². The van der Waals surface area contributed by atoms with Gasteiger partial charge < -0.3 is 10.5 Å². The van der Waals surface area contributed by atoms with Crippen molar-refractivity contribution in [3.8, 4) is 5.75 Å².